The molecule has 120 valence electrons. The maximum atomic E-state index is 12.7. The van der Waals surface area contributed by atoms with E-state index in [9.17, 15) is 4.79 Å². The highest BCUT2D eigenvalue weighted by Crippen LogP contribution is 2.29. The number of amides is 1. The molecule has 0 spiro atoms. The Kier molecular flexibility index (Phi) is 4.70. The van der Waals surface area contributed by atoms with Gasteiger partial charge in [0.25, 0.3) is 0 Å². The largest absolute Gasteiger partial charge is 0.360 e. The van der Waals surface area contributed by atoms with Gasteiger partial charge >= 0.3 is 0 Å². The first-order chi connectivity index (χ1) is 10.7. The van der Waals surface area contributed by atoms with Crippen LogP contribution in [0.5, 0.6) is 0 Å². The van der Waals surface area contributed by atoms with Crippen molar-refractivity contribution in [2.45, 2.75) is 64.5 Å². The van der Waals surface area contributed by atoms with Gasteiger partial charge in [-0.2, -0.15) is 0 Å². The zero-order chi connectivity index (χ0) is 15.5. The summed E-state index contributed by atoms with van der Waals surface area (Å²) >= 11 is 0. The topological polar surface area (TPSA) is 32.3 Å². The molecule has 22 heavy (non-hydrogen) atoms. The van der Waals surface area contributed by atoms with E-state index in [1.165, 1.54) is 30.5 Å². The number of aryl methyl sites for hydroxylation is 1. The summed E-state index contributed by atoms with van der Waals surface area (Å²) in [6.07, 6.45) is 7.19. The monoisotopic (exact) mass is 300 g/mol. The molecule has 1 saturated carbocycles. The van der Waals surface area contributed by atoms with Gasteiger partial charge in [0.1, 0.15) is 6.04 Å². The second-order valence-electron chi connectivity index (χ2n) is 6.98. The third-order valence-corrected chi connectivity index (χ3v) is 5.43. The standard InChI is InChI=1S/C19H28N2O/c1-14-8-3-5-11-17(14)20-19(22)15(2)21-13-7-10-16-9-4-6-12-18(16)21/h4,6,9,12,14-15,17H,3,5,7-8,10-11,13H2,1-2H3,(H,20,22). The van der Waals surface area contributed by atoms with Gasteiger partial charge in [0, 0.05) is 18.3 Å². The van der Waals surface area contributed by atoms with Crippen LogP contribution in [0, 0.1) is 5.92 Å². The van der Waals surface area contributed by atoms with Crippen LogP contribution >= 0.6 is 0 Å². The SMILES string of the molecule is CC1CCCCC1NC(=O)C(C)N1CCCc2ccccc21. The van der Waals surface area contributed by atoms with Gasteiger partial charge in [-0.15, -0.1) is 0 Å². The molecule has 2 aliphatic rings. The van der Waals surface area contributed by atoms with E-state index in [2.05, 4.69) is 41.4 Å². The molecule has 0 saturated heterocycles. The van der Waals surface area contributed by atoms with Gasteiger partial charge in [-0.05, 0) is 50.2 Å². The van der Waals surface area contributed by atoms with E-state index in [-0.39, 0.29) is 11.9 Å². The Hall–Kier alpha value is -1.51. The number of nitrogens with one attached hydrogen (secondary N) is 1. The zero-order valence-corrected chi connectivity index (χ0v) is 13.8. The molecule has 3 heteroatoms. The van der Waals surface area contributed by atoms with Gasteiger partial charge in [-0.1, -0.05) is 38.0 Å². The van der Waals surface area contributed by atoms with Crippen molar-refractivity contribution in [3.05, 3.63) is 29.8 Å². The number of para-hydroxylation sites is 1. The van der Waals surface area contributed by atoms with Crippen molar-refractivity contribution in [2.24, 2.45) is 5.92 Å². The maximum Gasteiger partial charge on any atom is 0.242 e. The molecule has 3 unspecified atom stereocenters. The van der Waals surface area contributed by atoms with Crippen LogP contribution in [-0.4, -0.2) is 24.5 Å². The van der Waals surface area contributed by atoms with E-state index in [1.54, 1.807) is 0 Å². The summed E-state index contributed by atoms with van der Waals surface area (Å²) < 4.78 is 0. The van der Waals surface area contributed by atoms with Crippen molar-refractivity contribution < 1.29 is 4.79 Å². The predicted molar refractivity (Wildman–Crippen MR) is 91.1 cm³/mol. The first-order valence-corrected chi connectivity index (χ1v) is 8.81. The van der Waals surface area contributed by atoms with Crippen molar-refractivity contribution in [1.29, 1.82) is 0 Å². The van der Waals surface area contributed by atoms with E-state index < -0.39 is 0 Å². The van der Waals surface area contributed by atoms with E-state index in [0.717, 1.165) is 25.8 Å². The van der Waals surface area contributed by atoms with E-state index in [4.69, 9.17) is 0 Å². The molecule has 1 aromatic rings. The summed E-state index contributed by atoms with van der Waals surface area (Å²) in [4.78, 5) is 15.0. The number of anilines is 1. The molecule has 1 aliphatic heterocycles. The number of carbonyl (C=O) groups excluding carboxylic acids is 1. The lowest BCUT2D eigenvalue weighted by Crippen LogP contribution is -2.51. The average molecular weight is 300 g/mol. The zero-order valence-electron chi connectivity index (χ0n) is 13.8. The second kappa shape index (κ2) is 6.72. The van der Waals surface area contributed by atoms with Crippen LogP contribution < -0.4 is 10.2 Å². The third kappa shape index (κ3) is 3.13. The predicted octanol–water partition coefficient (Wildman–Crippen LogP) is 3.52. The Labute approximate surface area is 134 Å². The summed E-state index contributed by atoms with van der Waals surface area (Å²) in [6, 6.07) is 8.79. The molecule has 3 atom stereocenters. The van der Waals surface area contributed by atoms with Gasteiger partial charge in [0.15, 0.2) is 0 Å². The quantitative estimate of drug-likeness (QED) is 0.926. The summed E-state index contributed by atoms with van der Waals surface area (Å²) in [5.74, 6) is 0.800. The van der Waals surface area contributed by atoms with E-state index >= 15 is 0 Å². The highest BCUT2D eigenvalue weighted by Gasteiger charge is 2.29. The minimum atomic E-state index is -0.0874. The number of hydrogen-bond donors (Lipinski definition) is 1. The lowest BCUT2D eigenvalue weighted by atomic mass is 9.86. The summed E-state index contributed by atoms with van der Waals surface area (Å²) in [5, 5.41) is 3.32. The van der Waals surface area contributed by atoms with Crippen LogP contribution in [0.1, 0.15) is 51.5 Å². The molecule has 0 aromatic heterocycles. The van der Waals surface area contributed by atoms with Crippen LogP contribution in [-0.2, 0) is 11.2 Å². The smallest absolute Gasteiger partial charge is 0.242 e. The minimum Gasteiger partial charge on any atom is -0.360 e. The van der Waals surface area contributed by atoms with Crippen LogP contribution in [0.3, 0.4) is 0 Å². The average Bonchev–Trinajstić information content (AvgIpc) is 2.55. The molecule has 0 radical (unpaired) electrons. The van der Waals surface area contributed by atoms with Crippen LogP contribution in [0.25, 0.3) is 0 Å². The minimum absolute atomic E-state index is 0.0874. The summed E-state index contributed by atoms with van der Waals surface area (Å²) in [5.41, 5.74) is 2.62. The number of hydrogen-bond acceptors (Lipinski definition) is 2. The molecule has 3 nitrogen and oxygen atoms in total. The molecular weight excluding hydrogens is 272 g/mol. The highest BCUT2D eigenvalue weighted by molar-refractivity contribution is 5.85. The van der Waals surface area contributed by atoms with Gasteiger partial charge in [-0.3, -0.25) is 4.79 Å². The number of nitrogens with zero attached hydrogens (tertiary/aromatic N) is 1. The van der Waals surface area contributed by atoms with Gasteiger partial charge < -0.3 is 10.2 Å². The van der Waals surface area contributed by atoms with E-state index in [1.807, 2.05) is 6.92 Å². The van der Waals surface area contributed by atoms with Crippen LogP contribution in [0.4, 0.5) is 5.69 Å². The molecule has 0 bridgehead atoms. The van der Waals surface area contributed by atoms with Gasteiger partial charge in [0.05, 0.1) is 0 Å². The Bertz CT molecular complexity index is 528. The number of benzene rings is 1. The van der Waals surface area contributed by atoms with Crippen molar-refractivity contribution in [1.82, 2.24) is 5.32 Å². The molecule has 1 amide bonds. The molecule has 1 fully saturated rings. The first kappa shape index (κ1) is 15.4. The number of rotatable bonds is 3. The molecule has 1 N–H and O–H groups in total. The Morgan fingerprint density at radius 3 is 2.82 bits per heavy atom. The van der Waals surface area contributed by atoms with E-state index in [0.29, 0.717) is 12.0 Å². The molecule has 1 aliphatic carbocycles. The Balaban J connectivity index is 1.68. The maximum absolute atomic E-state index is 12.7. The van der Waals surface area contributed by atoms with Crippen LogP contribution in [0.2, 0.25) is 0 Å². The highest BCUT2D eigenvalue weighted by atomic mass is 16.2. The fourth-order valence-electron chi connectivity index (χ4n) is 3.94. The van der Waals surface area contributed by atoms with Crippen molar-refractivity contribution in [3.8, 4) is 0 Å². The van der Waals surface area contributed by atoms with Crippen LogP contribution in [0.15, 0.2) is 24.3 Å². The normalized spacial score (nSPS) is 26.2. The molecule has 1 heterocycles. The Morgan fingerprint density at radius 1 is 1.23 bits per heavy atom. The van der Waals surface area contributed by atoms with Crippen molar-refractivity contribution >= 4 is 11.6 Å². The number of fused-ring (bicyclic) bond motifs is 1. The molecular formula is C19H28N2O. The lowest BCUT2D eigenvalue weighted by Gasteiger charge is -2.37. The summed E-state index contributed by atoms with van der Waals surface area (Å²) in [6.45, 7) is 5.29. The second-order valence-corrected chi connectivity index (χ2v) is 6.98. The molecule has 1 aromatic carbocycles. The third-order valence-electron chi connectivity index (χ3n) is 5.43. The Morgan fingerprint density at radius 2 is 2.00 bits per heavy atom. The van der Waals surface area contributed by atoms with Crippen molar-refractivity contribution in [2.75, 3.05) is 11.4 Å². The number of carbonyl (C=O) groups is 1. The van der Waals surface area contributed by atoms with Gasteiger partial charge in [-0.25, -0.2) is 0 Å². The first-order valence-electron chi connectivity index (χ1n) is 8.81. The fraction of sp³-hybridized carbons (Fsp3) is 0.632. The van der Waals surface area contributed by atoms with Gasteiger partial charge in [0.2, 0.25) is 5.91 Å². The molecule has 3 rings (SSSR count). The van der Waals surface area contributed by atoms with Crippen molar-refractivity contribution in [3.63, 3.8) is 0 Å². The fourth-order valence-corrected chi connectivity index (χ4v) is 3.94. The lowest BCUT2D eigenvalue weighted by molar-refractivity contribution is -0.123. The summed E-state index contributed by atoms with van der Waals surface area (Å²) in [7, 11) is 0.